The van der Waals surface area contributed by atoms with Crippen molar-refractivity contribution >= 4 is 52.3 Å². The Labute approximate surface area is 164 Å². The summed E-state index contributed by atoms with van der Waals surface area (Å²) in [7, 11) is 0. The van der Waals surface area contributed by atoms with Gasteiger partial charge in [0.15, 0.2) is 0 Å². The molecular weight excluding hydrogens is 389 g/mol. The molecule has 2 heterocycles. The molecule has 128 valence electrons. The van der Waals surface area contributed by atoms with Crippen molar-refractivity contribution in [2.45, 2.75) is 9.79 Å². The van der Waals surface area contributed by atoms with Gasteiger partial charge in [0.1, 0.15) is 0 Å². The molecule has 0 aliphatic carbocycles. The Balaban J connectivity index is 1.97. The average molecular weight is 400 g/mol. The van der Waals surface area contributed by atoms with Crippen LogP contribution >= 0.6 is 35.0 Å². The van der Waals surface area contributed by atoms with Gasteiger partial charge < -0.3 is 5.73 Å². The van der Waals surface area contributed by atoms with Crippen LogP contribution in [0.5, 0.6) is 0 Å². The number of carbonyl (C=O) groups excluding carboxylic acids is 1. The summed E-state index contributed by atoms with van der Waals surface area (Å²) in [5.74, 6) is -0.496. The van der Waals surface area contributed by atoms with Crippen molar-refractivity contribution < 1.29 is 4.79 Å². The van der Waals surface area contributed by atoms with Crippen LogP contribution in [0.3, 0.4) is 0 Å². The van der Waals surface area contributed by atoms with Gasteiger partial charge in [-0.1, -0.05) is 41.0 Å². The second-order valence-corrected chi connectivity index (χ2v) is 7.57. The Kier molecular flexibility index (Phi) is 4.44. The van der Waals surface area contributed by atoms with E-state index < -0.39 is 5.91 Å². The Bertz CT molecular complexity index is 1060. The number of hydrogen-bond acceptors (Lipinski definition) is 4. The van der Waals surface area contributed by atoms with E-state index in [1.165, 1.54) is 11.8 Å². The highest BCUT2D eigenvalue weighted by Crippen LogP contribution is 2.42. The van der Waals surface area contributed by atoms with Crippen molar-refractivity contribution in [1.82, 2.24) is 4.98 Å². The van der Waals surface area contributed by atoms with Crippen LogP contribution in [0.25, 0.3) is 0 Å². The molecule has 0 saturated carbocycles. The molecule has 1 aliphatic rings. The summed E-state index contributed by atoms with van der Waals surface area (Å²) in [6, 6.07) is 14.4. The fourth-order valence-corrected chi connectivity index (χ4v) is 4.02. The van der Waals surface area contributed by atoms with E-state index in [9.17, 15) is 4.79 Å². The molecule has 1 aromatic heterocycles. The van der Waals surface area contributed by atoms with Gasteiger partial charge in [-0.3, -0.25) is 9.78 Å². The van der Waals surface area contributed by atoms with Crippen molar-refractivity contribution in [2.75, 3.05) is 0 Å². The minimum absolute atomic E-state index is 0.403. The lowest BCUT2D eigenvalue weighted by molar-refractivity contribution is 0.100. The van der Waals surface area contributed by atoms with Crippen LogP contribution < -0.4 is 5.73 Å². The topological polar surface area (TPSA) is 68.3 Å². The lowest BCUT2D eigenvalue weighted by Gasteiger charge is -2.09. The summed E-state index contributed by atoms with van der Waals surface area (Å²) in [5.41, 5.74) is 8.74. The first kappa shape index (κ1) is 17.1. The van der Waals surface area contributed by atoms with Gasteiger partial charge in [-0.25, -0.2) is 4.99 Å². The van der Waals surface area contributed by atoms with Crippen LogP contribution in [0.15, 0.2) is 69.5 Å². The zero-order valence-electron chi connectivity index (χ0n) is 13.2. The fourth-order valence-electron chi connectivity index (χ4n) is 2.63. The third kappa shape index (κ3) is 3.21. The highest BCUT2D eigenvalue weighted by Gasteiger charge is 2.21. The van der Waals surface area contributed by atoms with Gasteiger partial charge in [0.25, 0.3) is 0 Å². The summed E-state index contributed by atoms with van der Waals surface area (Å²) < 4.78 is 0. The van der Waals surface area contributed by atoms with Gasteiger partial charge in [0.05, 0.1) is 22.1 Å². The number of amides is 1. The number of pyridine rings is 1. The lowest BCUT2D eigenvalue weighted by atomic mass is 10.1. The van der Waals surface area contributed by atoms with Gasteiger partial charge in [0, 0.05) is 32.1 Å². The van der Waals surface area contributed by atoms with E-state index in [1.807, 2.05) is 30.3 Å². The van der Waals surface area contributed by atoms with Gasteiger partial charge >= 0.3 is 0 Å². The minimum atomic E-state index is -0.496. The molecule has 0 atom stereocenters. The molecule has 0 bridgehead atoms. The van der Waals surface area contributed by atoms with Gasteiger partial charge in [-0.2, -0.15) is 0 Å². The third-order valence-electron chi connectivity index (χ3n) is 3.86. The fraction of sp³-hybridized carbons (Fsp3) is 0. The molecule has 2 aromatic carbocycles. The number of carbonyl (C=O) groups is 1. The molecule has 3 aromatic rings. The highest BCUT2D eigenvalue weighted by atomic mass is 35.5. The first-order chi connectivity index (χ1) is 12.5. The Morgan fingerprint density at radius 2 is 1.77 bits per heavy atom. The summed E-state index contributed by atoms with van der Waals surface area (Å²) in [6.07, 6.45) is 1.58. The van der Waals surface area contributed by atoms with Crippen molar-refractivity contribution in [3.05, 3.63) is 81.6 Å². The zero-order chi connectivity index (χ0) is 18.3. The molecule has 1 amide bonds. The van der Waals surface area contributed by atoms with Crippen molar-refractivity contribution in [1.29, 1.82) is 0 Å². The molecule has 26 heavy (non-hydrogen) atoms. The smallest absolute Gasteiger partial charge is 0.248 e. The maximum absolute atomic E-state index is 11.5. The van der Waals surface area contributed by atoms with Crippen LogP contribution in [-0.4, -0.2) is 16.6 Å². The molecule has 4 rings (SSSR count). The van der Waals surface area contributed by atoms with Gasteiger partial charge in [-0.15, -0.1) is 0 Å². The standard InChI is InChI=1S/C19H11Cl2N3OS/c20-11-2-4-13-17(8-11)26-16-6-1-10(19(22)25)7-15(16)24-18(13)14-5-3-12(21)9-23-14/h1-9H,(H2,22,25). The number of hydrogen-bond donors (Lipinski definition) is 1. The third-order valence-corrected chi connectivity index (χ3v) is 5.45. The summed E-state index contributed by atoms with van der Waals surface area (Å²) in [4.78, 5) is 22.6. The van der Waals surface area contributed by atoms with Crippen LogP contribution in [0.1, 0.15) is 21.6 Å². The number of nitrogens with zero attached hydrogens (tertiary/aromatic N) is 2. The number of rotatable bonds is 2. The molecule has 2 N–H and O–H groups in total. The molecule has 1 aliphatic heterocycles. The molecule has 0 fully saturated rings. The quantitative estimate of drug-likeness (QED) is 0.508. The van der Waals surface area contributed by atoms with E-state index in [0.717, 1.165) is 15.4 Å². The number of aromatic nitrogens is 1. The van der Waals surface area contributed by atoms with E-state index in [2.05, 4.69) is 4.98 Å². The number of halogens is 2. The first-order valence-corrected chi connectivity index (χ1v) is 9.21. The predicted octanol–water partition coefficient (Wildman–Crippen LogP) is 5.12. The van der Waals surface area contributed by atoms with Gasteiger partial charge in [0.2, 0.25) is 5.91 Å². The molecule has 4 nitrogen and oxygen atoms in total. The van der Waals surface area contributed by atoms with Crippen LogP contribution in [0.2, 0.25) is 10.0 Å². The number of fused-ring (bicyclic) bond motifs is 2. The normalized spacial score (nSPS) is 12.6. The maximum Gasteiger partial charge on any atom is 0.248 e. The zero-order valence-corrected chi connectivity index (χ0v) is 15.6. The molecule has 0 radical (unpaired) electrons. The van der Waals surface area contributed by atoms with E-state index >= 15 is 0 Å². The number of nitrogens with two attached hydrogens (primary N) is 1. The average Bonchev–Trinajstić information content (AvgIpc) is 2.77. The van der Waals surface area contributed by atoms with E-state index in [4.69, 9.17) is 33.9 Å². The summed E-state index contributed by atoms with van der Waals surface area (Å²) in [6.45, 7) is 0. The van der Waals surface area contributed by atoms with Crippen LogP contribution in [0, 0.1) is 0 Å². The largest absolute Gasteiger partial charge is 0.366 e. The second-order valence-electron chi connectivity index (χ2n) is 5.61. The minimum Gasteiger partial charge on any atom is -0.366 e. The van der Waals surface area contributed by atoms with Crippen molar-refractivity contribution in [2.24, 2.45) is 10.7 Å². The Morgan fingerprint density at radius 3 is 2.50 bits per heavy atom. The van der Waals surface area contributed by atoms with Gasteiger partial charge in [-0.05, 0) is 42.5 Å². The molecular formula is C19H11Cl2N3OS. The number of benzene rings is 2. The van der Waals surface area contributed by atoms with E-state index in [-0.39, 0.29) is 0 Å². The molecule has 0 unspecified atom stereocenters. The lowest BCUT2D eigenvalue weighted by Crippen LogP contribution is -2.10. The summed E-state index contributed by atoms with van der Waals surface area (Å²) in [5, 5.41) is 1.18. The van der Waals surface area contributed by atoms with E-state index in [1.54, 1.807) is 24.4 Å². The van der Waals surface area contributed by atoms with E-state index in [0.29, 0.717) is 32.7 Å². The molecule has 7 heteroatoms. The molecule has 0 spiro atoms. The second kappa shape index (κ2) is 6.76. The monoisotopic (exact) mass is 399 g/mol. The predicted molar refractivity (Wildman–Crippen MR) is 105 cm³/mol. The Hall–Kier alpha value is -2.34. The molecule has 0 saturated heterocycles. The SMILES string of the molecule is NC(=O)c1ccc2c(c1)N=C(c1ccc(Cl)cn1)c1ccc(Cl)cc1S2. The van der Waals surface area contributed by atoms with Crippen molar-refractivity contribution in [3.63, 3.8) is 0 Å². The van der Waals surface area contributed by atoms with Crippen LogP contribution in [0.4, 0.5) is 5.69 Å². The maximum atomic E-state index is 11.5. The Morgan fingerprint density at radius 1 is 0.962 bits per heavy atom. The van der Waals surface area contributed by atoms with Crippen LogP contribution in [-0.2, 0) is 0 Å². The summed E-state index contributed by atoms with van der Waals surface area (Å²) >= 11 is 13.7. The van der Waals surface area contributed by atoms with Crippen molar-refractivity contribution in [3.8, 4) is 0 Å². The first-order valence-electron chi connectivity index (χ1n) is 7.63. The highest BCUT2D eigenvalue weighted by molar-refractivity contribution is 7.99. The number of primary amides is 1. The number of aliphatic imine (C=N–C) groups is 1.